The van der Waals surface area contributed by atoms with Gasteiger partial charge < -0.3 is 14.1 Å². The van der Waals surface area contributed by atoms with E-state index in [0.29, 0.717) is 0 Å². The average molecular weight is 189 g/mol. The molecule has 0 aliphatic carbocycles. The van der Waals surface area contributed by atoms with E-state index < -0.39 is 0 Å². The number of rotatable bonds is 7. The molecule has 0 spiro atoms. The molecule has 3 heteroatoms. The van der Waals surface area contributed by atoms with Gasteiger partial charge in [0.2, 0.25) is 0 Å². The van der Waals surface area contributed by atoms with Gasteiger partial charge in [-0.2, -0.15) is 0 Å². The van der Waals surface area contributed by atoms with Crippen LogP contribution < -0.4 is 0 Å². The monoisotopic (exact) mass is 189 g/mol. The molecule has 0 aromatic heterocycles. The Morgan fingerprint density at radius 1 is 1.15 bits per heavy atom. The van der Waals surface area contributed by atoms with Crippen molar-refractivity contribution in [3.8, 4) is 0 Å². The van der Waals surface area contributed by atoms with E-state index in [0.717, 1.165) is 37.3 Å². The summed E-state index contributed by atoms with van der Waals surface area (Å²) in [5.41, 5.74) is 0. The molecule has 80 valence electrons. The lowest BCUT2D eigenvalue weighted by molar-refractivity contribution is -0.888. The lowest BCUT2D eigenvalue weighted by atomic mass is 10.4. The van der Waals surface area contributed by atoms with Crippen LogP contribution in [0, 0.1) is 0 Å². The van der Waals surface area contributed by atoms with Gasteiger partial charge in [-0.05, 0) is 21.0 Å². The highest BCUT2D eigenvalue weighted by atomic mass is 16.5. The first-order chi connectivity index (χ1) is 5.98. The molecule has 0 aromatic carbocycles. The molecule has 0 bridgehead atoms. The summed E-state index contributed by atoms with van der Waals surface area (Å²) in [6.45, 7) is 7.20. The van der Waals surface area contributed by atoms with Gasteiger partial charge in [0.05, 0.1) is 33.9 Å². The third-order valence-corrected chi connectivity index (χ3v) is 2.38. The number of hydrogen-bond donors (Lipinski definition) is 0. The molecule has 0 unspecified atom stereocenters. The Bertz CT molecular complexity index is 124. The van der Waals surface area contributed by atoms with Crippen LogP contribution in [0.3, 0.4) is 0 Å². The Kier molecular flexibility index (Phi) is 6.29. The molecular weight excluding hydrogens is 164 g/mol. The van der Waals surface area contributed by atoms with E-state index in [9.17, 15) is 0 Å². The summed E-state index contributed by atoms with van der Waals surface area (Å²) in [4.78, 5) is 2.14. The lowest BCUT2D eigenvalue weighted by Gasteiger charge is -2.27. The fraction of sp³-hybridized carbons (Fsp3) is 1.00. The van der Waals surface area contributed by atoms with Crippen molar-refractivity contribution in [3.05, 3.63) is 0 Å². The fourth-order valence-electron chi connectivity index (χ4n) is 0.819. The molecule has 0 radical (unpaired) electrons. The first-order valence-electron chi connectivity index (χ1n) is 5.02. The molecule has 0 rings (SSSR count). The molecule has 0 saturated carbocycles. The van der Waals surface area contributed by atoms with E-state index in [1.54, 1.807) is 0 Å². The van der Waals surface area contributed by atoms with E-state index in [-0.39, 0.29) is 0 Å². The molecule has 0 amide bonds. The summed E-state index contributed by atoms with van der Waals surface area (Å²) in [5, 5.41) is 0. The minimum Gasteiger partial charge on any atom is -0.374 e. The fourth-order valence-corrected chi connectivity index (χ4v) is 0.819. The van der Waals surface area contributed by atoms with Crippen LogP contribution in [0.15, 0.2) is 0 Å². The van der Waals surface area contributed by atoms with Crippen molar-refractivity contribution in [1.29, 1.82) is 0 Å². The van der Waals surface area contributed by atoms with Crippen LogP contribution in [-0.4, -0.2) is 70.4 Å². The molecule has 0 fully saturated rings. The minimum atomic E-state index is 0.844. The zero-order valence-corrected chi connectivity index (χ0v) is 9.84. The summed E-state index contributed by atoms with van der Waals surface area (Å²) >= 11 is 0. The number of nitrogens with zero attached hydrogens (tertiary/aromatic N) is 2. The molecule has 0 aliphatic heterocycles. The molecule has 0 aliphatic rings. The number of quaternary nitrogens is 1. The molecule has 0 heterocycles. The SMILES string of the molecule is CC[N+](C)(C)CCOCCN(C)C. The second-order valence-electron chi connectivity index (χ2n) is 4.39. The maximum Gasteiger partial charge on any atom is 0.102 e. The highest BCUT2D eigenvalue weighted by Gasteiger charge is 2.10. The largest absolute Gasteiger partial charge is 0.374 e. The van der Waals surface area contributed by atoms with Gasteiger partial charge in [0, 0.05) is 6.54 Å². The highest BCUT2D eigenvalue weighted by molar-refractivity contribution is 4.40. The Balaban J connectivity index is 3.26. The summed E-state index contributed by atoms with van der Waals surface area (Å²) < 4.78 is 6.57. The quantitative estimate of drug-likeness (QED) is 0.431. The number of likely N-dealkylation sites (N-methyl/N-ethyl adjacent to an activating group) is 2. The van der Waals surface area contributed by atoms with Crippen molar-refractivity contribution in [2.75, 3.05) is 61.0 Å². The lowest BCUT2D eigenvalue weighted by Crippen LogP contribution is -2.42. The maximum atomic E-state index is 5.52. The van der Waals surface area contributed by atoms with Crippen LogP contribution in [0.1, 0.15) is 6.92 Å². The molecular formula is C10H25N2O+. The smallest absolute Gasteiger partial charge is 0.102 e. The van der Waals surface area contributed by atoms with Crippen molar-refractivity contribution in [2.45, 2.75) is 6.92 Å². The summed E-state index contributed by atoms with van der Waals surface area (Å²) in [5.74, 6) is 0. The second-order valence-corrected chi connectivity index (χ2v) is 4.39. The van der Waals surface area contributed by atoms with Gasteiger partial charge in [0.1, 0.15) is 6.54 Å². The van der Waals surface area contributed by atoms with Crippen molar-refractivity contribution < 1.29 is 9.22 Å². The third kappa shape index (κ3) is 8.22. The molecule has 13 heavy (non-hydrogen) atoms. The van der Waals surface area contributed by atoms with E-state index in [2.05, 4.69) is 40.0 Å². The van der Waals surface area contributed by atoms with E-state index >= 15 is 0 Å². The van der Waals surface area contributed by atoms with E-state index in [4.69, 9.17) is 4.74 Å². The Hall–Kier alpha value is -0.120. The zero-order chi connectivity index (χ0) is 10.3. The van der Waals surface area contributed by atoms with Gasteiger partial charge in [0.25, 0.3) is 0 Å². The Morgan fingerprint density at radius 2 is 1.77 bits per heavy atom. The normalized spacial score (nSPS) is 12.5. The molecule has 0 aromatic rings. The van der Waals surface area contributed by atoms with Crippen LogP contribution in [-0.2, 0) is 4.74 Å². The summed E-state index contributed by atoms with van der Waals surface area (Å²) in [6.07, 6.45) is 0. The summed E-state index contributed by atoms with van der Waals surface area (Å²) in [7, 11) is 8.59. The Morgan fingerprint density at radius 3 is 2.23 bits per heavy atom. The second kappa shape index (κ2) is 6.35. The number of ether oxygens (including phenoxy) is 1. The van der Waals surface area contributed by atoms with Gasteiger partial charge in [-0.15, -0.1) is 0 Å². The molecule has 0 atom stereocenters. The molecule has 0 saturated heterocycles. The highest BCUT2D eigenvalue weighted by Crippen LogP contribution is 1.94. The maximum absolute atomic E-state index is 5.52. The predicted molar refractivity (Wildman–Crippen MR) is 56.9 cm³/mol. The van der Waals surface area contributed by atoms with Gasteiger partial charge in [-0.25, -0.2) is 0 Å². The van der Waals surface area contributed by atoms with Gasteiger partial charge >= 0.3 is 0 Å². The van der Waals surface area contributed by atoms with Crippen molar-refractivity contribution in [3.63, 3.8) is 0 Å². The van der Waals surface area contributed by atoms with Gasteiger partial charge in [-0.1, -0.05) is 0 Å². The van der Waals surface area contributed by atoms with E-state index in [1.165, 1.54) is 0 Å². The van der Waals surface area contributed by atoms with Crippen LogP contribution in [0.4, 0.5) is 0 Å². The minimum absolute atomic E-state index is 0.844. The first-order valence-corrected chi connectivity index (χ1v) is 5.02. The van der Waals surface area contributed by atoms with Crippen LogP contribution >= 0.6 is 0 Å². The van der Waals surface area contributed by atoms with Crippen LogP contribution in [0.5, 0.6) is 0 Å². The predicted octanol–water partition coefficient (Wildman–Crippen LogP) is 0.661. The van der Waals surface area contributed by atoms with E-state index in [1.807, 2.05) is 0 Å². The van der Waals surface area contributed by atoms with Crippen molar-refractivity contribution in [1.82, 2.24) is 4.90 Å². The third-order valence-electron chi connectivity index (χ3n) is 2.38. The van der Waals surface area contributed by atoms with Crippen molar-refractivity contribution in [2.24, 2.45) is 0 Å². The topological polar surface area (TPSA) is 12.5 Å². The standard InChI is InChI=1S/C10H25N2O/c1-6-12(4,5)8-10-13-9-7-11(2)3/h6-10H2,1-5H3/q+1. The zero-order valence-electron chi connectivity index (χ0n) is 9.84. The number of hydrogen-bond acceptors (Lipinski definition) is 2. The Labute approximate surface area is 82.9 Å². The van der Waals surface area contributed by atoms with Gasteiger partial charge in [-0.3, -0.25) is 0 Å². The van der Waals surface area contributed by atoms with Gasteiger partial charge in [0.15, 0.2) is 0 Å². The molecule has 0 N–H and O–H groups in total. The van der Waals surface area contributed by atoms with Crippen LogP contribution in [0.2, 0.25) is 0 Å². The molecule has 3 nitrogen and oxygen atoms in total. The average Bonchev–Trinajstić information content (AvgIpc) is 2.03. The van der Waals surface area contributed by atoms with Crippen LogP contribution in [0.25, 0.3) is 0 Å². The van der Waals surface area contributed by atoms with Crippen molar-refractivity contribution >= 4 is 0 Å². The first kappa shape index (κ1) is 12.9. The summed E-state index contributed by atoms with van der Waals surface area (Å²) in [6, 6.07) is 0.